The highest BCUT2D eigenvalue weighted by Gasteiger charge is 2.28. The number of halogens is 1. The molecule has 7 heteroatoms. The van der Waals surface area contributed by atoms with Gasteiger partial charge < -0.3 is 19.7 Å². The van der Waals surface area contributed by atoms with E-state index in [2.05, 4.69) is 5.32 Å². The van der Waals surface area contributed by atoms with Gasteiger partial charge in [-0.1, -0.05) is 11.6 Å². The third-order valence-electron chi connectivity index (χ3n) is 2.31. The molecule has 0 aromatic heterocycles. The Morgan fingerprint density at radius 3 is 3.12 bits per heavy atom. The molecule has 16 heavy (non-hydrogen) atoms. The molecular weight excluding hydrogens is 248 g/mol. The van der Waals surface area contributed by atoms with Crippen LogP contribution in [-0.2, 0) is 16.0 Å². The summed E-state index contributed by atoms with van der Waals surface area (Å²) in [7, 11) is 0.568. The van der Waals surface area contributed by atoms with Gasteiger partial charge in [0.05, 0.1) is 24.4 Å². The van der Waals surface area contributed by atoms with Crippen molar-refractivity contribution in [2.75, 3.05) is 12.4 Å². The Balaban J connectivity index is 2.33. The fourth-order valence-electron chi connectivity index (χ4n) is 1.50. The molecule has 1 aliphatic rings. The largest absolute Gasteiger partial charge is 0.491 e. The Morgan fingerprint density at radius 1 is 1.69 bits per heavy atom. The van der Waals surface area contributed by atoms with Crippen LogP contribution in [0.3, 0.4) is 0 Å². The molecule has 0 bridgehead atoms. The van der Waals surface area contributed by atoms with Crippen LogP contribution in [0.4, 0.5) is 5.69 Å². The molecular formula is C9H9BClNO3S. The standard InChI is InChI=1S/C9H9BClNO3S/c1-14-9(16)12-8-3-6-5(2-7(8)11)4-15-10(6)13/h2-3,13H,4H2,1H3,(H,12,16). The molecule has 0 spiro atoms. The monoisotopic (exact) mass is 257 g/mol. The number of thiocarbonyl (C=S) groups is 1. The summed E-state index contributed by atoms with van der Waals surface area (Å²) < 4.78 is 9.89. The van der Waals surface area contributed by atoms with Gasteiger partial charge in [-0.05, 0) is 35.4 Å². The first kappa shape index (κ1) is 11.7. The third-order valence-corrected chi connectivity index (χ3v) is 2.90. The fourth-order valence-corrected chi connectivity index (χ4v) is 1.84. The van der Waals surface area contributed by atoms with Crippen molar-refractivity contribution in [3.63, 3.8) is 0 Å². The number of rotatable bonds is 1. The fraction of sp³-hybridized carbons (Fsp3) is 0.222. The molecule has 1 aromatic carbocycles. The molecule has 0 amide bonds. The van der Waals surface area contributed by atoms with Crippen LogP contribution in [0.25, 0.3) is 0 Å². The predicted octanol–water partition coefficient (Wildman–Crippen LogP) is 0.901. The van der Waals surface area contributed by atoms with Crippen molar-refractivity contribution in [2.45, 2.75) is 6.61 Å². The summed E-state index contributed by atoms with van der Waals surface area (Å²) in [6.07, 6.45) is 0. The zero-order valence-electron chi connectivity index (χ0n) is 8.49. The molecule has 1 heterocycles. The minimum absolute atomic E-state index is 0.218. The lowest BCUT2D eigenvalue weighted by atomic mass is 9.79. The first-order valence-corrected chi connectivity index (χ1v) is 5.37. The van der Waals surface area contributed by atoms with E-state index in [9.17, 15) is 5.02 Å². The summed E-state index contributed by atoms with van der Waals surface area (Å²) >= 11 is 10.9. The van der Waals surface area contributed by atoms with Gasteiger partial charge in [-0.25, -0.2) is 0 Å². The molecule has 2 rings (SSSR count). The average molecular weight is 258 g/mol. The van der Waals surface area contributed by atoms with Crippen LogP contribution in [0.1, 0.15) is 5.56 Å². The number of nitrogens with one attached hydrogen (secondary N) is 1. The van der Waals surface area contributed by atoms with Crippen molar-refractivity contribution in [1.82, 2.24) is 0 Å². The van der Waals surface area contributed by atoms with E-state index in [1.807, 2.05) is 0 Å². The molecule has 0 atom stereocenters. The number of fused-ring (bicyclic) bond motifs is 1. The van der Waals surface area contributed by atoms with Crippen molar-refractivity contribution in [1.29, 1.82) is 0 Å². The first-order valence-electron chi connectivity index (χ1n) is 4.58. The number of methoxy groups -OCH3 is 1. The minimum Gasteiger partial charge on any atom is -0.474 e. The molecule has 1 aliphatic heterocycles. The normalized spacial score (nSPS) is 13.6. The van der Waals surface area contributed by atoms with Crippen LogP contribution in [0.15, 0.2) is 12.1 Å². The van der Waals surface area contributed by atoms with E-state index in [0.29, 0.717) is 22.8 Å². The lowest BCUT2D eigenvalue weighted by Gasteiger charge is -2.10. The van der Waals surface area contributed by atoms with Gasteiger partial charge in [0.15, 0.2) is 0 Å². The zero-order chi connectivity index (χ0) is 11.7. The quantitative estimate of drug-likeness (QED) is 0.578. The lowest BCUT2D eigenvalue weighted by Crippen LogP contribution is -2.28. The number of ether oxygens (including phenoxy) is 1. The molecule has 0 saturated carbocycles. The van der Waals surface area contributed by atoms with Gasteiger partial charge in [0.1, 0.15) is 0 Å². The summed E-state index contributed by atoms with van der Waals surface area (Å²) in [5, 5.41) is 13.1. The molecule has 0 unspecified atom stereocenters. The number of hydrogen-bond acceptors (Lipinski definition) is 4. The van der Waals surface area contributed by atoms with Crippen molar-refractivity contribution in [2.24, 2.45) is 0 Å². The van der Waals surface area contributed by atoms with Crippen molar-refractivity contribution >= 4 is 47.3 Å². The van der Waals surface area contributed by atoms with E-state index >= 15 is 0 Å². The molecule has 0 radical (unpaired) electrons. The van der Waals surface area contributed by atoms with Gasteiger partial charge >= 0.3 is 7.12 Å². The average Bonchev–Trinajstić information content (AvgIpc) is 2.61. The van der Waals surface area contributed by atoms with Crippen LogP contribution in [0, 0.1) is 0 Å². The van der Waals surface area contributed by atoms with Gasteiger partial charge in [0, 0.05) is 0 Å². The lowest BCUT2D eigenvalue weighted by molar-refractivity contribution is 0.275. The summed E-state index contributed by atoms with van der Waals surface area (Å²) in [5.41, 5.74) is 2.18. The molecule has 2 N–H and O–H groups in total. The Bertz CT molecular complexity index is 443. The van der Waals surface area contributed by atoms with E-state index in [1.165, 1.54) is 7.11 Å². The summed E-state index contributed by atoms with van der Waals surface area (Å²) in [6, 6.07) is 3.45. The van der Waals surface area contributed by atoms with Crippen LogP contribution in [-0.4, -0.2) is 24.4 Å². The summed E-state index contributed by atoms with van der Waals surface area (Å²) in [6.45, 7) is 0.366. The van der Waals surface area contributed by atoms with Crippen LogP contribution < -0.4 is 10.8 Å². The third kappa shape index (κ3) is 2.15. The number of benzene rings is 1. The van der Waals surface area contributed by atoms with Crippen molar-refractivity contribution < 1.29 is 14.4 Å². The van der Waals surface area contributed by atoms with E-state index in [0.717, 1.165) is 5.56 Å². The van der Waals surface area contributed by atoms with E-state index in [4.69, 9.17) is 33.2 Å². The van der Waals surface area contributed by atoms with Crippen LogP contribution in [0.2, 0.25) is 5.02 Å². The molecule has 0 saturated heterocycles. The van der Waals surface area contributed by atoms with E-state index < -0.39 is 7.12 Å². The van der Waals surface area contributed by atoms with Crippen LogP contribution >= 0.6 is 23.8 Å². The van der Waals surface area contributed by atoms with Gasteiger partial charge in [-0.2, -0.15) is 0 Å². The van der Waals surface area contributed by atoms with Crippen molar-refractivity contribution in [3.05, 3.63) is 22.7 Å². The molecule has 0 fully saturated rings. The molecule has 4 nitrogen and oxygen atoms in total. The first-order chi connectivity index (χ1) is 7.61. The highest BCUT2D eigenvalue weighted by atomic mass is 35.5. The van der Waals surface area contributed by atoms with E-state index in [1.54, 1.807) is 12.1 Å². The Morgan fingerprint density at radius 2 is 2.44 bits per heavy atom. The maximum atomic E-state index is 9.53. The van der Waals surface area contributed by atoms with Gasteiger partial charge in [0.25, 0.3) is 5.17 Å². The maximum absolute atomic E-state index is 9.53. The topological polar surface area (TPSA) is 50.7 Å². The molecule has 84 valence electrons. The maximum Gasteiger partial charge on any atom is 0.491 e. The van der Waals surface area contributed by atoms with Gasteiger partial charge in [-0.15, -0.1) is 0 Å². The van der Waals surface area contributed by atoms with E-state index in [-0.39, 0.29) is 5.17 Å². The van der Waals surface area contributed by atoms with Crippen molar-refractivity contribution in [3.8, 4) is 0 Å². The minimum atomic E-state index is -0.899. The smallest absolute Gasteiger partial charge is 0.474 e. The SMILES string of the molecule is COC(=S)Nc1cc2c(cc1Cl)COB2O. The Hall–Kier alpha value is -0.815. The predicted molar refractivity (Wildman–Crippen MR) is 67.1 cm³/mol. The molecule has 1 aromatic rings. The highest BCUT2D eigenvalue weighted by Crippen LogP contribution is 2.25. The second-order valence-corrected chi connectivity index (χ2v) is 4.09. The highest BCUT2D eigenvalue weighted by molar-refractivity contribution is 7.80. The second kappa shape index (κ2) is 4.59. The number of anilines is 1. The summed E-state index contributed by atoms with van der Waals surface area (Å²) in [4.78, 5) is 0. The Kier molecular flexibility index (Phi) is 3.34. The van der Waals surface area contributed by atoms with Gasteiger partial charge in [-0.3, -0.25) is 0 Å². The Labute approximate surface area is 104 Å². The molecule has 0 aliphatic carbocycles. The number of hydrogen-bond donors (Lipinski definition) is 2. The summed E-state index contributed by atoms with van der Waals surface area (Å²) in [5.74, 6) is 0. The zero-order valence-corrected chi connectivity index (χ0v) is 10.1. The van der Waals surface area contributed by atoms with Crippen LogP contribution in [0.5, 0.6) is 0 Å². The second-order valence-electron chi connectivity index (χ2n) is 3.31. The van der Waals surface area contributed by atoms with Gasteiger partial charge in [0.2, 0.25) is 0 Å².